The van der Waals surface area contributed by atoms with Gasteiger partial charge < -0.3 is 9.80 Å². The molecule has 48 heavy (non-hydrogen) atoms. The van der Waals surface area contributed by atoms with Gasteiger partial charge in [-0.25, -0.2) is 16.8 Å². The largest absolute Gasteiger partial charge is 0.512 e. The van der Waals surface area contributed by atoms with Crippen LogP contribution >= 0.6 is 0 Å². The quantitative estimate of drug-likeness (QED) is 0.197. The smallest absolute Gasteiger partial charge is 0.372 e. The summed E-state index contributed by atoms with van der Waals surface area (Å²) >= 11 is 0. The SMILES string of the molecule is CCN=C1C=CC(=C(c2ccc(N(CC)CC)cc2)c2ccc(N(CC)CCCS(=O)(=O)NS(=O)(=O)C(F)(F)F)cc2)c2ccccc21. The van der Waals surface area contributed by atoms with Crippen molar-refractivity contribution < 1.29 is 30.0 Å². The van der Waals surface area contributed by atoms with E-state index in [9.17, 15) is 30.0 Å². The third-order valence-corrected chi connectivity index (χ3v) is 11.4. The molecule has 0 atom stereocenters. The van der Waals surface area contributed by atoms with Gasteiger partial charge in [-0.05, 0) is 92.3 Å². The van der Waals surface area contributed by atoms with E-state index in [0.717, 1.165) is 67.7 Å². The average Bonchev–Trinajstić information content (AvgIpc) is 3.05. The van der Waals surface area contributed by atoms with Crippen LogP contribution in [0, 0.1) is 0 Å². The van der Waals surface area contributed by atoms with Crippen molar-refractivity contribution in [3.05, 3.63) is 107 Å². The van der Waals surface area contributed by atoms with Crippen molar-refractivity contribution in [2.24, 2.45) is 4.99 Å². The van der Waals surface area contributed by atoms with Gasteiger partial charge in [0.1, 0.15) is 0 Å². The molecule has 0 aromatic heterocycles. The van der Waals surface area contributed by atoms with Crippen LogP contribution in [0.25, 0.3) is 11.1 Å². The minimum atomic E-state index is -6.01. The second-order valence-electron chi connectivity index (χ2n) is 11.1. The van der Waals surface area contributed by atoms with E-state index in [1.165, 1.54) is 0 Å². The van der Waals surface area contributed by atoms with Gasteiger partial charge in [0.15, 0.2) is 0 Å². The summed E-state index contributed by atoms with van der Waals surface area (Å²) < 4.78 is 85.6. The van der Waals surface area contributed by atoms with Crippen LogP contribution in [0.5, 0.6) is 0 Å². The van der Waals surface area contributed by atoms with E-state index in [-0.39, 0.29) is 13.0 Å². The number of nitrogens with zero attached hydrogens (tertiary/aromatic N) is 3. The molecule has 0 bridgehead atoms. The Bertz CT molecular complexity index is 1880. The summed E-state index contributed by atoms with van der Waals surface area (Å²) in [6, 6.07) is 24.5. The topological polar surface area (TPSA) is 99.1 Å². The van der Waals surface area contributed by atoms with E-state index in [4.69, 9.17) is 4.99 Å². The van der Waals surface area contributed by atoms with Gasteiger partial charge in [-0.3, -0.25) is 4.99 Å². The van der Waals surface area contributed by atoms with Crippen molar-refractivity contribution >= 4 is 48.3 Å². The highest BCUT2D eigenvalue weighted by Gasteiger charge is 2.48. The number of halogens is 3. The molecule has 3 aromatic rings. The fraction of sp³-hybridized carbons (Fsp3) is 0.343. The minimum absolute atomic E-state index is 0.0876. The zero-order valence-corrected chi connectivity index (χ0v) is 29.1. The van der Waals surface area contributed by atoms with E-state index in [2.05, 4.69) is 61.2 Å². The number of benzene rings is 3. The van der Waals surface area contributed by atoms with Crippen LogP contribution in [-0.2, 0) is 20.0 Å². The number of alkyl halides is 3. The number of rotatable bonds is 14. The molecule has 0 heterocycles. The van der Waals surface area contributed by atoms with Crippen molar-refractivity contribution in [3.8, 4) is 0 Å². The molecule has 0 fully saturated rings. The zero-order valence-electron chi connectivity index (χ0n) is 27.5. The third kappa shape index (κ3) is 8.55. The van der Waals surface area contributed by atoms with Crippen molar-refractivity contribution in [1.29, 1.82) is 0 Å². The fourth-order valence-corrected chi connectivity index (χ4v) is 8.28. The van der Waals surface area contributed by atoms with Gasteiger partial charge in [-0.15, -0.1) is 4.13 Å². The molecule has 0 saturated heterocycles. The Balaban J connectivity index is 1.68. The first-order valence-electron chi connectivity index (χ1n) is 15.8. The van der Waals surface area contributed by atoms with Gasteiger partial charge in [0.05, 0.1) is 11.5 Å². The number of anilines is 2. The normalized spacial score (nSPS) is 15.4. The van der Waals surface area contributed by atoms with Crippen LogP contribution in [0.15, 0.2) is 89.9 Å². The average molecular weight is 703 g/mol. The maximum absolute atomic E-state index is 12.7. The number of nitrogens with one attached hydrogen (secondary N) is 1. The fourth-order valence-electron chi connectivity index (χ4n) is 5.72. The highest BCUT2D eigenvalue weighted by atomic mass is 32.3. The zero-order chi connectivity index (χ0) is 35.1. The maximum atomic E-state index is 12.7. The van der Waals surface area contributed by atoms with Crippen LogP contribution in [0.4, 0.5) is 24.5 Å². The molecule has 0 amide bonds. The minimum Gasteiger partial charge on any atom is -0.372 e. The lowest BCUT2D eigenvalue weighted by molar-refractivity contribution is -0.0441. The molecule has 0 saturated carbocycles. The van der Waals surface area contributed by atoms with Gasteiger partial charge in [-0.2, -0.15) is 13.2 Å². The lowest BCUT2D eigenvalue weighted by Gasteiger charge is -2.25. The standard InChI is InChI=1S/C35H41F3N4O4S2/c1-5-39-33-23-22-32(30-12-9-10-13-31(30)33)34(26-14-18-28(19-15-26)41(6-2)7-3)27-16-20-29(21-17-27)42(8-4)24-11-25-47(43,44)40-48(45,46)35(36,37)38/h9-10,12-23,40H,5-8,11,24-25H2,1-4H3. The highest BCUT2D eigenvalue weighted by molar-refractivity contribution is 8.05. The summed E-state index contributed by atoms with van der Waals surface area (Å²) in [6.45, 7) is 11.2. The molecule has 8 nitrogen and oxygen atoms in total. The van der Waals surface area contributed by atoms with Crippen LogP contribution in [0.2, 0.25) is 0 Å². The molecule has 1 N–H and O–H groups in total. The molecule has 0 unspecified atom stereocenters. The van der Waals surface area contributed by atoms with Crippen molar-refractivity contribution in [2.45, 2.75) is 39.6 Å². The van der Waals surface area contributed by atoms with Crippen LogP contribution in [0.3, 0.4) is 0 Å². The molecule has 258 valence electrons. The van der Waals surface area contributed by atoms with E-state index in [1.54, 1.807) is 0 Å². The summed E-state index contributed by atoms with van der Waals surface area (Å²) in [5, 5.41) is 0. The second-order valence-corrected chi connectivity index (χ2v) is 14.9. The van der Waals surface area contributed by atoms with E-state index < -0.39 is 31.3 Å². The Kier molecular flexibility index (Phi) is 11.9. The molecular formula is C35H41F3N4O4S2. The summed E-state index contributed by atoms with van der Waals surface area (Å²) in [5.74, 6) is -0.786. The van der Waals surface area contributed by atoms with E-state index in [1.807, 2.05) is 61.2 Å². The molecular weight excluding hydrogens is 662 g/mol. The molecule has 1 aliphatic rings. The van der Waals surface area contributed by atoms with Gasteiger partial charge in [0, 0.05) is 49.7 Å². The Labute approximate surface area is 281 Å². The number of fused-ring (bicyclic) bond motifs is 1. The Morgan fingerprint density at radius 1 is 0.729 bits per heavy atom. The number of hydrogen-bond acceptors (Lipinski definition) is 7. The first kappa shape index (κ1) is 36.9. The highest BCUT2D eigenvalue weighted by Crippen LogP contribution is 2.38. The Hall–Kier alpha value is -3.94. The summed E-state index contributed by atoms with van der Waals surface area (Å²) in [6.07, 6.45) is 4.06. The van der Waals surface area contributed by atoms with Crippen LogP contribution in [-0.4, -0.2) is 66.5 Å². The molecule has 13 heteroatoms. The van der Waals surface area contributed by atoms with Gasteiger partial charge in [0.2, 0.25) is 10.0 Å². The second kappa shape index (κ2) is 15.5. The summed E-state index contributed by atoms with van der Waals surface area (Å²) in [7, 11) is -10.7. The number of aliphatic imine (C=N–C) groups is 1. The number of hydrogen-bond donors (Lipinski definition) is 1. The molecule has 0 radical (unpaired) electrons. The molecule has 1 aliphatic carbocycles. The summed E-state index contributed by atoms with van der Waals surface area (Å²) in [5.41, 5.74) is 3.30. The van der Waals surface area contributed by atoms with Crippen molar-refractivity contribution in [1.82, 2.24) is 4.13 Å². The third-order valence-electron chi connectivity index (χ3n) is 8.07. The van der Waals surface area contributed by atoms with Crippen molar-refractivity contribution in [3.63, 3.8) is 0 Å². The maximum Gasteiger partial charge on any atom is 0.512 e. The number of allylic oxidation sites excluding steroid dienone is 3. The molecule has 4 rings (SSSR count). The van der Waals surface area contributed by atoms with Gasteiger partial charge in [-0.1, -0.05) is 54.6 Å². The summed E-state index contributed by atoms with van der Waals surface area (Å²) in [4.78, 5) is 8.86. The molecule has 0 spiro atoms. The Morgan fingerprint density at radius 2 is 1.25 bits per heavy atom. The monoisotopic (exact) mass is 702 g/mol. The van der Waals surface area contributed by atoms with Gasteiger partial charge in [0.25, 0.3) is 0 Å². The Morgan fingerprint density at radius 3 is 1.75 bits per heavy atom. The first-order valence-corrected chi connectivity index (χ1v) is 19.0. The van der Waals surface area contributed by atoms with Crippen LogP contribution in [0.1, 0.15) is 56.4 Å². The van der Waals surface area contributed by atoms with E-state index >= 15 is 0 Å². The lowest BCUT2D eigenvalue weighted by Crippen LogP contribution is -2.41. The first-order chi connectivity index (χ1) is 22.7. The van der Waals surface area contributed by atoms with Crippen molar-refractivity contribution in [2.75, 3.05) is 48.3 Å². The van der Waals surface area contributed by atoms with E-state index in [0.29, 0.717) is 13.1 Å². The molecule has 0 aliphatic heterocycles. The van der Waals surface area contributed by atoms with Gasteiger partial charge >= 0.3 is 15.5 Å². The predicted molar refractivity (Wildman–Crippen MR) is 189 cm³/mol. The number of sulfonamides is 2. The molecule has 3 aromatic carbocycles. The predicted octanol–water partition coefficient (Wildman–Crippen LogP) is 6.86. The lowest BCUT2D eigenvalue weighted by atomic mass is 9.83. The van der Waals surface area contributed by atoms with Crippen LogP contribution < -0.4 is 13.9 Å².